The minimum atomic E-state index is -1.49. The molecule has 0 aliphatic heterocycles. The summed E-state index contributed by atoms with van der Waals surface area (Å²) < 4.78 is 44.8. The first-order valence-electron chi connectivity index (χ1n) is 10.1. The lowest BCUT2D eigenvalue weighted by Crippen LogP contribution is -2.42. The fraction of sp³-hybridized carbons (Fsp3) is 0.619. The van der Waals surface area contributed by atoms with Gasteiger partial charge in [-0.3, -0.25) is 9.59 Å². The molecule has 0 aliphatic rings. The SMILES string of the molecule is CN(C)CC(CC(=O)O)NC(=O)CCCCCCCOCc1ccc(F)c(F)c1F. The number of nitrogens with one attached hydrogen (secondary N) is 1. The molecule has 170 valence electrons. The minimum absolute atomic E-state index is 0.0182. The number of aliphatic carboxylic acids is 1. The number of carboxylic acids is 1. The summed E-state index contributed by atoms with van der Waals surface area (Å²) in [5.41, 5.74) is -0.0182. The highest BCUT2D eigenvalue weighted by atomic mass is 19.2. The van der Waals surface area contributed by atoms with Gasteiger partial charge in [0.2, 0.25) is 5.91 Å². The van der Waals surface area contributed by atoms with E-state index in [1.54, 1.807) is 0 Å². The molecule has 1 rings (SSSR count). The van der Waals surface area contributed by atoms with Crippen LogP contribution in [0.4, 0.5) is 13.2 Å². The summed E-state index contributed by atoms with van der Waals surface area (Å²) in [4.78, 5) is 24.7. The summed E-state index contributed by atoms with van der Waals surface area (Å²) in [6, 6.07) is 1.62. The first kappa shape index (κ1) is 25.9. The van der Waals surface area contributed by atoms with Crippen LogP contribution in [0.25, 0.3) is 0 Å². The number of amides is 1. The van der Waals surface area contributed by atoms with Crippen LogP contribution in [-0.4, -0.2) is 55.2 Å². The van der Waals surface area contributed by atoms with Gasteiger partial charge < -0.3 is 20.1 Å². The average Bonchev–Trinajstić information content (AvgIpc) is 2.65. The van der Waals surface area contributed by atoms with Crippen molar-refractivity contribution in [1.29, 1.82) is 0 Å². The number of halogens is 3. The Balaban J connectivity index is 2.10. The van der Waals surface area contributed by atoms with Gasteiger partial charge in [0, 0.05) is 25.1 Å². The van der Waals surface area contributed by atoms with E-state index in [0.29, 0.717) is 26.0 Å². The Morgan fingerprint density at radius 3 is 2.40 bits per heavy atom. The number of ether oxygens (including phenoxy) is 1. The molecular formula is C21H31F3N2O4. The van der Waals surface area contributed by atoms with Crippen LogP contribution in [0.1, 0.15) is 50.5 Å². The monoisotopic (exact) mass is 432 g/mol. The second-order valence-corrected chi connectivity index (χ2v) is 7.53. The maximum atomic E-state index is 13.5. The van der Waals surface area contributed by atoms with E-state index in [1.165, 1.54) is 6.07 Å². The van der Waals surface area contributed by atoms with Gasteiger partial charge in [-0.05, 0) is 33.0 Å². The topological polar surface area (TPSA) is 78.9 Å². The van der Waals surface area contributed by atoms with Crippen molar-refractivity contribution in [3.8, 4) is 0 Å². The lowest BCUT2D eigenvalue weighted by molar-refractivity contribution is -0.137. The number of likely N-dealkylation sites (N-methyl/N-ethyl adjacent to an activating group) is 1. The van der Waals surface area contributed by atoms with E-state index >= 15 is 0 Å². The molecule has 1 aromatic carbocycles. The molecule has 0 aliphatic carbocycles. The standard InChI is InChI=1S/C21H31F3N2O4/c1-26(2)13-16(12-19(28)29)25-18(27)8-6-4-3-5-7-11-30-14-15-9-10-17(22)21(24)20(15)23/h9-10,16H,3-8,11-14H2,1-2H3,(H,25,27)(H,28,29). The predicted octanol–water partition coefficient (Wildman–Crippen LogP) is 3.48. The van der Waals surface area contributed by atoms with Crippen molar-refractivity contribution in [3.05, 3.63) is 35.1 Å². The normalized spacial score (nSPS) is 12.2. The number of unbranched alkanes of at least 4 members (excludes halogenated alkanes) is 4. The predicted molar refractivity (Wildman–Crippen MR) is 106 cm³/mol. The molecule has 0 heterocycles. The van der Waals surface area contributed by atoms with Crippen LogP contribution in [-0.2, 0) is 20.9 Å². The Labute approximate surface area is 175 Å². The summed E-state index contributed by atoms with van der Waals surface area (Å²) in [7, 11) is 3.64. The first-order valence-corrected chi connectivity index (χ1v) is 10.1. The van der Waals surface area contributed by atoms with Gasteiger partial charge in [-0.2, -0.15) is 0 Å². The van der Waals surface area contributed by atoms with Gasteiger partial charge in [0.25, 0.3) is 0 Å². The van der Waals surface area contributed by atoms with Gasteiger partial charge in [-0.1, -0.05) is 25.3 Å². The van der Waals surface area contributed by atoms with E-state index in [1.807, 2.05) is 19.0 Å². The molecular weight excluding hydrogens is 401 g/mol. The highest BCUT2D eigenvalue weighted by Crippen LogP contribution is 2.16. The first-order chi connectivity index (χ1) is 14.2. The van der Waals surface area contributed by atoms with Crippen molar-refractivity contribution >= 4 is 11.9 Å². The highest BCUT2D eigenvalue weighted by Gasteiger charge is 2.16. The largest absolute Gasteiger partial charge is 0.481 e. The molecule has 0 saturated heterocycles. The Morgan fingerprint density at radius 2 is 1.73 bits per heavy atom. The van der Waals surface area contributed by atoms with Gasteiger partial charge >= 0.3 is 5.97 Å². The number of nitrogens with zero attached hydrogens (tertiary/aromatic N) is 1. The van der Waals surface area contributed by atoms with Crippen LogP contribution in [0.3, 0.4) is 0 Å². The number of benzene rings is 1. The Bertz CT molecular complexity index is 686. The van der Waals surface area contributed by atoms with Gasteiger partial charge in [-0.25, -0.2) is 13.2 Å². The van der Waals surface area contributed by atoms with Crippen LogP contribution < -0.4 is 5.32 Å². The van der Waals surface area contributed by atoms with E-state index < -0.39 is 29.5 Å². The lowest BCUT2D eigenvalue weighted by atomic mass is 10.1. The minimum Gasteiger partial charge on any atom is -0.481 e. The summed E-state index contributed by atoms with van der Waals surface area (Å²) in [6.45, 7) is 0.723. The van der Waals surface area contributed by atoms with Crippen LogP contribution in [0.5, 0.6) is 0 Å². The fourth-order valence-electron chi connectivity index (χ4n) is 2.99. The molecule has 6 nitrogen and oxygen atoms in total. The molecule has 0 aromatic heterocycles. The molecule has 0 radical (unpaired) electrons. The van der Waals surface area contributed by atoms with Gasteiger partial charge in [-0.15, -0.1) is 0 Å². The highest BCUT2D eigenvalue weighted by molar-refractivity contribution is 5.77. The lowest BCUT2D eigenvalue weighted by Gasteiger charge is -2.20. The van der Waals surface area contributed by atoms with Crippen molar-refractivity contribution in [2.75, 3.05) is 27.2 Å². The molecule has 1 amide bonds. The zero-order valence-electron chi connectivity index (χ0n) is 17.6. The molecule has 0 spiro atoms. The van der Waals surface area contributed by atoms with Gasteiger partial charge in [0.15, 0.2) is 17.5 Å². The number of hydrogen-bond donors (Lipinski definition) is 2. The summed E-state index contributed by atoms with van der Waals surface area (Å²) in [5, 5.41) is 11.7. The van der Waals surface area contributed by atoms with Crippen LogP contribution >= 0.6 is 0 Å². The molecule has 0 fully saturated rings. The van der Waals surface area contributed by atoms with Crippen LogP contribution in [0.15, 0.2) is 12.1 Å². The number of hydrogen-bond acceptors (Lipinski definition) is 4. The summed E-state index contributed by atoms with van der Waals surface area (Å²) in [5.74, 6) is -5.03. The number of carbonyl (C=O) groups is 2. The molecule has 30 heavy (non-hydrogen) atoms. The van der Waals surface area contributed by atoms with Gasteiger partial charge in [0.05, 0.1) is 19.1 Å². The fourth-order valence-corrected chi connectivity index (χ4v) is 2.99. The van der Waals surface area contributed by atoms with Crippen molar-refractivity contribution in [1.82, 2.24) is 10.2 Å². The second-order valence-electron chi connectivity index (χ2n) is 7.53. The quantitative estimate of drug-likeness (QED) is 0.328. The third kappa shape index (κ3) is 10.6. The third-order valence-electron chi connectivity index (χ3n) is 4.44. The number of carbonyl (C=O) groups excluding carboxylic acids is 1. The van der Waals surface area contributed by atoms with E-state index in [-0.39, 0.29) is 24.5 Å². The van der Waals surface area contributed by atoms with Crippen molar-refractivity contribution < 1.29 is 32.6 Å². The number of carboxylic acid groups (broad SMARTS) is 1. The van der Waals surface area contributed by atoms with Crippen LogP contribution in [0.2, 0.25) is 0 Å². The van der Waals surface area contributed by atoms with E-state index in [0.717, 1.165) is 31.7 Å². The maximum Gasteiger partial charge on any atom is 0.305 e. The summed E-state index contributed by atoms with van der Waals surface area (Å²) in [6.07, 6.45) is 4.28. The average molecular weight is 432 g/mol. The molecule has 1 atom stereocenters. The number of rotatable bonds is 15. The van der Waals surface area contributed by atoms with Crippen LogP contribution in [0, 0.1) is 17.5 Å². The maximum absolute atomic E-state index is 13.5. The molecule has 1 unspecified atom stereocenters. The Morgan fingerprint density at radius 1 is 1.07 bits per heavy atom. The zero-order chi connectivity index (χ0) is 22.5. The Kier molecular flexibility index (Phi) is 12.1. The molecule has 0 bridgehead atoms. The Hall–Kier alpha value is -2.13. The van der Waals surface area contributed by atoms with E-state index in [2.05, 4.69) is 5.32 Å². The molecule has 0 saturated carbocycles. The molecule has 9 heteroatoms. The van der Waals surface area contributed by atoms with Crippen molar-refractivity contribution in [3.63, 3.8) is 0 Å². The zero-order valence-corrected chi connectivity index (χ0v) is 17.6. The summed E-state index contributed by atoms with van der Waals surface area (Å²) >= 11 is 0. The van der Waals surface area contributed by atoms with Crippen molar-refractivity contribution in [2.24, 2.45) is 0 Å². The third-order valence-corrected chi connectivity index (χ3v) is 4.44. The van der Waals surface area contributed by atoms with Crippen molar-refractivity contribution in [2.45, 2.75) is 57.6 Å². The van der Waals surface area contributed by atoms with E-state index in [9.17, 15) is 22.8 Å². The van der Waals surface area contributed by atoms with E-state index in [4.69, 9.17) is 9.84 Å². The molecule has 1 aromatic rings. The second kappa shape index (κ2) is 14.0. The van der Waals surface area contributed by atoms with Gasteiger partial charge in [0.1, 0.15) is 0 Å². The molecule has 2 N–H and O–H groups in total. The smallest absolute Gasteiger partial charge is 0.305 e.